The van der Waals surface area contributed by atoms with Crippen LogP contribution in [0, 0.1) is 11.3 Å². The predicted octanol–water partition coefficient (Wildman–Crippen LogP) is 0.442. The van der Waals surface area contributed by atoms with E-state index in [4.69, 9.17) is 5.73 Å². The molecule has 2 fully saturated rings. The van der Waals surface area contributed by atoms with Crippen molar-refractivity contribution in [3.8, 4) is 0 Å². The normalized spacial score (nSPS) is 34.9. The van der Waals surface area contributed by atoms with E-state index in [-0.39, 0.29) is 17.5 Å². The second kappa shape index (κ2) is 3.43. The fourth-order valence-electron chi connectivity index (χ4n) is 2.02. The molecule has 88 valence electrons. The van der Waals surface area contributed by atoms with Crippen molar-refractivity contribution in [2.45, 2.75) is 45.2 Å². The molecule has 2 saturated carbocycles. The van der Waals surface area contributed by atoms with E-state index in [1.54, 1.807) is 0 Å². The number of hydrogen-bond donors (Lipinski definition) is 2. The average molecular weight is 232 g/mol. The lowest BCUT2D eigenvalue weighted by atomic mass is 9.64. The first-order valence-electron chi connectivity index (χ1n) is 5.57. The molecule has 3 N–H and O–H groups in total. The van der Waals surface area contributed by atoms with Crippen LogP contribution in [-0.2, 0) is 10.0 Å². The fraction of sp³-hybridized carbons (Fsp3) is 1.00. The van der Waals surface area contributed by atoms with Crippen LogP contribution in [0.4, 0.5) is 0 Å². The van der Waals surface area contributed by atoms with Crippen LogP contribution in [0.15, 0.2) is 0 Å². The molecule has 2 rings (SSSR count). The van der Waals surface area contributed by atoms with Gasteiger partial charge in [0.05, 0.1) is 5.75 Å². The van der Waals surface area contributed by atoms with Crippen molar-refractivity contribution in [2.24, 2.45) is 17.1 Å². The molecule has 0 aromatic heterocycles. The zero-order valence-corrected chi connectivity index (χ0v) is 10.2. The number of nitrogens with one attached hydrogen (secondary N) is 1. The maximum Gasteiger partial charge on any atom is 0.212 e. The maximum atomic E-state index is 11.7. The number of hydrogen-bond acceptors (Lipinski definition) is 3. The second-order valence-electron chi connectivity index (χ2n) is 5.56. The molecule has 2 unspecified atom stereocenters. The van der Waals surface area contributed by atoms with Gasteiger partial charge in [-0.2, -0.15) is 0 Å². The van der Waals surface area contributed by atoms with Crippen LogP contribution in [-0.4, -0.2) is 26.3 Å². The van der Waals surface area contributed by atoms with Crippen molar-refractivity contribution >= 4 is 10.0 Å². The van der Waals surface area contributed by atoms with Gasteiger partial charge in [0.1, 0.15) is 0 Å². The number of sulfonamides is 1. The van der Waals surface area contributed by atoms with Crippen LogP contribution in [0.1, 0.15) is 33.1 Å². The van der Waals surface area contributed by atoms with Crippen LogP contribution >= 0.6 is 0 Å². The van der Waals surface area contributed by atoms with E-state index in [2.05, 4.69) is 4.72 Å². The monoisotopic (exact) mass is 232 g/mol. The van der Waals surface area contributed by atoms with E-state index in [0.29, 0.717) is 11.7 Å². The molecule has 2 atom stereocenters. The van der Waals surface area contributed by atoms with Gasteiger partial charge in [0, 0.05) is 12.1 Å². The SMILES string of the molecule is CC1(C)C(N)CC1NS(=O)(=O)CC1CC1. The van der Waals surface area contributed by atoms with Crippen molar-refractivity contribution < 1.29 is 8.42 Å². The third-order valence-electron chi connectivity index (χ3n) is 3.82. The smallest absolute Gasteiger partial charge is 0.212 e. The van der Waals surface area contributed by atoms with E-state index in [1.165, 1.54) is 0 Å². The highest BCUT2D eigenvalue weighted by molar-refractivity contribution is 7.89. The molecular weight excluding hydrogens is 212 g/mol. The summed E-state index contributed by atoms with van der Waals surface area (Å²) in [6.07, 6.45) is 2.89. The molecule has 5 heteroatoms. The molecule has 0 saturated heterocycles. The van der Waals surface area contributed by atoms with E-state index in [9.17, 15) is 8.42 Å². The lowest BCUT2D eigenvalue weighted by Gasteiger charge is -2.50. The third-order valence-corrected chi connectivity index (χ3v) is 5.37. The Kier molecular flexibility index (Phi) is 2.60. The Morgan fingerprint density at radius 3 is 2.40 bits per heavy atom. The van der Waals surface area contributed by atoms with Crippen LogP contribution < -0.4 is 10.5 Å². The minimum Gasteiger partial charge on any atom is -0.327 e. The average Bonchev–Trinajstić information content (AvgIpc) is 2.86. The first-order chi connectivity index (χ1) is 6.81. The zero-order chi connectivity index (χ0) is 11.3. The molecule has 4 nitrogen and oxygen atoms in total. The minimum atomic E-state index is -3.08. The van der Waals surface area contributed by atoms with E-state index in [1.807, 2.05) is 13.8 Å². The largest absolute Gasteiger partial charge is 0.327 e. The Morgan fingerprint density at radius 1 is 1.40 bits per heavy atom. The zero-order valence-electron chi connectivity index (χ0n) is 9.36. The summed E-state index contributed by atoms with van der Waals surface area (Å²) >= 11 is 0. The topological polar surface area (TPSA) is 72.2 Å². The molecule has 0 aliphatic heterocycles. The third kappa shape index (κ3) is 2.34. The van der Waals surface area contributed by atoms with Crippen molar-refractivity contribution in [3.63, 3.8) is 0 Å². The summed E-state index contributed by atoms with van der Waals surface area (Å²) in [6.45, 7) is 4.04. The quantitative estimate of drug-likeness (QED) is 0.739. The van der Waals surface area contributed by atoms with Gasteiger partial charge in [-0.15, -0.1) is 0 Å². The lowest BCUT2D eigenvalue weighted by Crippen LogP contribution is -2.64. The molecule has 0 radical (unpaired) electrons. The molecule has 0 bridgehead atoms. The summed E-state index contributed by atoms with van der Waals surface area (Å²) in [4.78, 5) is 0. The Balaban J connectivity index is 1.91. The Morgan fingerprint density at radius 2 is 2.00 bits per heavy atom. The van der Waals surface area contributed by atoms with E-state index >= 15 is 0 Å². The van der Waals surface area contributed by atoms with Crippen LogP contribution in [0.5, 0.6) is 0 Å². The maximum absolute atomic E-state index is 11.7. The van der Waals surface area contributed by atoms with Crippen LogP contribution in [0.25, 0.3) is 0 Å². The van der Waals surface area contributed by atoms with E-state index in [0.717, 1.165) is 19.3 Å². The van der Waals surface area contributed by atoms with Gasteiger partial charge in [0.2, 0.25) is 10.0 Å². The van der Waals surface area contributed by atoms with Gasteiger partial charge in [-0.25, -0.2) is 13.1 Å². The Labute approximate surface area is 91.7 Å². The molecule has 0 aromatic rings. The molecule has 0 amide bonds. The Hall–Kier alpha value is -0.130. The van der Waals surface area contributed by atoms with Gasteiger partial charge in [-0.1, -0.05) is 13.8 Å². The van der Waals surface area contributed by atoms with Gasteiger partial charge < -0.3 is 5.73 Å². The molecule has 15 heavy (non-hydrogen) atoms. The van der Waals surface area contributed by atoms with Crippen molar-refractivity contribution in [1.29, 1.82) is 0 Å². The Bertz CT molecular complexity index is 346. The van der Waals surface area contributed by atoms with Crippen LogP contribution in [0.2, 0.25) is 0 Å². The summed E-state index contributed by atoms with van der Waals surface area (Å²) in [6, 6.07) is 0.141. The summed E-state index contributed by atoms with van der Waals surface area (Å²) < 4.78 is 26.2. The van der Waals surface area contributed by atoms with Crippen molar-refractivity contribution in [3.05, 3.63) is 0 Å². The molecule has 2 aliphatic rings. The van der Waals surface area contributed by atoms with Gasteiger partial charge in [0.25, 0.3) is 0 Å². The fourth-order valence-corrected chi connectivity index (χ4v) is 3.90. The molecule has 0 spiro atoms. The van der Waals surface area contributed by atoms with Crippen molar-refractivity contribution in [1.82, 2.24) is 4.72 Å². The van der Waals surface area contributed by atoms with Crippen LogP contribution in [0.3, 0.4) is 0 Å². The van der Waals surface area contributed by atoms with Gasteiger partial charge in [-0.3, -0.25) is 0 Å². The summed E-state index contributed by atoms with van der Waals surface area (Å²) in [5.74, 6) is 0.703. The highest BCUT2D eigenvalue weighted by atomic mass is 32.2. The molecule has 2 aliphatic carbocycles. The van der Waals surface area contributed by atoms with Crippen molar-refractivity contribution in [2.75, 3.05) is 5.75 Å². The molecule has 0 heterocycles. The summed E-state index contributed by atoms with van der Waals surface area (Å²) in [5.41, 5.74) is 5.74. The lowest BCUT2D eigenvalue weighted by molar-refractivity contribution is 0.0903. The van der Waals surface area contributed by atoms with E-state index < -0.39 is 10.0 Å². The number of rotatable bonds is 4. The highest BCUT2D eigenvalue weighted by Gasteiger charge is 2.47. The van der Waals surface area contributed by atoms with Gasteiger partial charge in [0.15, 0.2) is 0 Å². The van der Waals surface area contributed by atoms with Gasteiger partial charge in [-0.05, 0) is 30.6 Å². The second-order valence-corrected chi connectivity index (χ2v) is 7.36. The minimum absolute atomic E-state index is 0.0243. The highest BCUT2D eigenvalue weighted by Crippen LogP contribution is 2.40. The molecular formula is C10H20N2O2S. The molecule has 0 aromatic carbocycles. The first-order valence-corrected chi connectivity index (χ1v) is 7.22. The number of nitrogens with two attached hydrogens (primary N) is 1. The standard InChI is InChI=1S/C10H20N2O2S/c1-10(2)8(11)5-9(10)12-15(13,14)6-7-3-4-7/h7-9,12H,3-6,11H2,1-2H3. The first kappa shape index (κ1) is 11.4. The summed E-state index contributed by atoms with van der Waals surface area (Å²) in [5, 5.41) is 0. The van der Waals surface area contributed by atoms with Gasteiger partial charge >= 0.3 is 0 Å². The summed E-state index contributed by atoms with van der Waals surface area (Å²) in [7, 11) is -3.08. The predicted molar refractivity (Wildman–Crippen MR) is 59.8 cm³/mol.